The van der Waals surface area contributed by atoms with Crippen molar-refractivity contribution in [3.05, 3.63) is 51.3 Å². The van der Waals surface area contributed by atoms with Crippen LogP contribution < -0.4 is 4.74 Å². The zero-order chi connectivity index (χ0) is 18.4. The Kier molecular flexibility index (Phi) is 6.27. The molecule has 0 saturated carbocycles. The first-order chi connectivity index (χ1) is 11.9. The summed E-state index contributed by atoms with van der Waals surface area (Å²) in [7, 11) is 0. The van der Waals surface area contributed by atoms with E-state index in [1.807, 2.05) is 13.8 Å². The molecular weight excluding hydrogens is 322 g/mol. The molecule has 2 rings (SSSR count). The van der Waals surface area contributed by atoms with Crippen molar-refractivity contribution in [2.75, 3.05) is 6.61 Å². The fourth-order valence-corrected chi connectivity index (χ4v) is 2.70. The predicted molar refractivity (Wildman–Crippen MR) is 94.1 cm³/mol. The van der Waals surface area contributed by atoms with Crippen LogP contribution in [0.4, 0.5) is 5.69 Å². The fraction of sp³-hybridized carbons (Fsp3) is 0.444. The fourth-order valence-electron chi connectivity index (χ4n) is 2.70. The number of carbonyl (C=O) groups is 1. The van der Waals surface area contributed by atoms with Gasteiger partial charge in [0.1, 0.15) is 5.75 Å². The molecule has 1 aromatic heterocycles. The maximum Gasteiger partial charge on any atom is 0.284 e. The van der Waals surface area contributed by atoms with Gasteiger partial charge in [-0.25, -0.2) is 4.68 Å². The highest BCUT2D eigenvalue weighted by atomic mass is 16.6. The van der Waals surface area contributed by atoms with Gasteiger partial charge in [-0.1, -0.05) is 19.8 Å². The number of nitrogens with zero attached hydrogens (tertiary/aromatic N) is 3. The second-order valence-electron chi connectivity index (χ2n) is 5.95. The zero-order valence-corrected chi connectivity index (χ0v) is 14.8. The summed E-state index contributed by atoms with van der Waals surface area (Å²) in [6.07, 6.45) is 4.30. The molecule has 0 aliphatic heterocycles. The van der Waals surface area contributed by atoms with Gasteiger partial charge in [-0.3, -0.25) is 14.9 Å². The molecule has 0 N–H and O–H groups in total. The topological polar surface area (TPSA) is 87.3 Å². The summed E-state index contributed by atoms with van der Waals surface area (Å²) in [4.78, 5) is 22.5. The van der Waals surface area contributed by atoms with E-state index in [1.54, 1.807) is 0 Å². The highest BCUT2D eigenvalue weighted by Crippen LogP contribution is 2.19. The van der Waals surface area contributed by atoms with Gasteiger partial charge in [0.2, 0.25) is 0 Å². The summed E-state index contributed by atoms with van der Waals surface area (Å²) in [5.74, 6) is 0.143. The molecule has 1 heterocycles. The van der Waals surface area contributed by atoms with E-state index >= 15 is 0 Å². The largest absolute Gasteiger partial charge is 0.484 e. The molecule has 0 spiro atoms. The second-order valence-corrected chi connectivity index (χ2v) is 5.95. The molecule has 0 aliphatic carbocycles. The van der Waals surface area contributed by atoms with E-state index in [2.05, 4.69) is 12.0 Å². The molecular formula is C18H23N3O4. The minimum atomic E-state index is -0.481. The van der Waals surface area contributed by atoms with Crippen molar-refractivity contribution in [3.8, 4) is 5.75 Å². The SMILES string of the molecule is CCCCCc1c(C)nn(C(=O)COc2ccc([N+](=O)[O-])cc2)c1C. The van der Waals surface area contributed by atoms with Crippen LogP contribution in [0.15, 0.2) is 24.3 Å². The number of hydrogen-bond acceptors (Lipinski definition) is 5. The van der Waals surface area contributed by atoms with E-state index in [4.69, 9.17) is 4.74 Å². The molecule has 1 aromatic carbocycles. The highest BCUT2D eigenvalue weighted by molar-refractivity contribution is 5.80. The number of aromatic nitrogens is 2. The van der Waals surface area contributed by atoms with Crippen LogP contribution in [0.5, 0.6) is 5.75 Å². The number of aryl methyl sites for hydroxylation is 1. The van der Waals surface area contributed by atoms with Crippen molar-refractivity contribution in [3.63, 3.8) is 0 Å². The average molecular weight is 345 g/mol. The van der Waals surface area contributed by atoms with Gasteiger partial charge in [0, 0.05) is 17.8 Å². The number of nitro benzene ring substituents is 1. The predicted octanol–water partition coefficient (Wildman–Crippen LogP) is 3.86. The first kappa shape index (κ1) is 18.6. The van der Waals surface area contributed by atoms with Crippen LogP contribution in [0.3, 0.4) is 0 Å². The van der Waals surface area contributed by atoms with Crippen molar-refractivity contribution in [2.45, 2.75) is 46.5 Å². The van der Waals surface area contributed by atoms with Gasteiger partial charge < -0.3 is 4.74 Å². The van der Waals surface area contributed by atoms with Crippen molar-refractivity contribution in [1.29, 1.82) is 0 Å². The number of rotatable bonds is 8. The maximum atomic E-state index is 12.4. The van der Waals surface area contributed by atoms with Crippen LogP contribution in [-0.4, -0.2) is 27.2 Å². The Morgan fingerprint density at radius 3 is 2.52 bits per heavy atom. The third-order valence-electron chi connectivity index (χ3n) is 4.12. The minimum absolute atomic E-state index is 0.0195. The third-order valence-corrected chi connectivity index (χ3v) is 4.12. The third kappa shape index (κ3) is 4.65. The average Bonchev–Trinajstić information content (AvgIpc) is 2.88. The summed E-state index contributed by atoms with van der Waals surface area (Å²) in [6.45, 7) is 5.79. The molecule has 0 fully saturated rings. The van der Waals surface area contributed by atoms with Gasteiger partial charge in [-0.15, -0.1) is 0 Å². The first-order valence-electron chi connectivity index (χ1n) is 8.39. The van der Waals surface area contributed by atoms with Gasteiger partial charge in [-0.2, -0.15) is 5.10 Å². The number of benzene rings is 1. The molecule has 2 aromatic rings. The first-order valence-corrected chi connectivity index (χ1v) is 8.39. The van der Waals surface area contributed by atoms with Crippen molar-refractivity contribution < 1.29 is 14.5 Å². The van der Waals surface area contributed by atoms with Crippen molar-refractivity contribution >= 4 is 11.6 Å². The lowest BCUT2D eigenvalue weighted by Gasteiger charge is -2.07. The molecule has 134 valence electrons. The molecule has 0 amide bonds. The lowest BCUT2D eigenvalue weighted by molar-refractivity contribution is -0.384. The van der Waals surface area contributed by atoms with E-state index in [0.717, 1.165) is 42.6 Å². The van der Waals surface area contributed by atoms with E-state index in [0.29, 0.717) is 5.75 Å². The van der Waals surface area contributed by atoms with Gasteiger partial charge in [-0.05, 0) is 44.4 Å². The van der Waals surface area contributed by atoms with Crippen LogP contribution >= 0.6 is 0 Å². The molecule has 7 heteroatoms. The van der Waals surface area contributed by atoms with E-state index in [1.165, 1.54) is 28.9 Å². The smallest absolute Gasteiger partial charge is 0.284 e. The Labute approximate surface area is 146 Å². The van der Waals surface area contributed by atoms with Gasteiger partial charge in [0.25, 0.3) is 11.6 Å². The number of ether oxygens (including phenoxy) is 1. The summed E-state index contributed by atoms with van der Waals surface area (Å²) >= 11 is 0. The summed E-state index contributed by atoms with van der Waals surface area (Å²) in [6, 6.07) is 5.63. The lowest BCUT2D eigenvalue weighted by Crippen LogP contribution is -2.21. The summed E-state index contributed by atoms with van der Waals surface area (Å²) in [5, 5.41) is 15.0. The van der Waals surface area contributed by atoms with E-state index in [-0.39, 0.29) is 18.2 Å². The molecule has 0 radical (unpaired) electrons. The monoisotopic (exact) mass is 345 g/mol. The number of non-ortho nitro benzene ring substituents is 1. The van der Waals surface area contributed by atoms with E-state index < -0.39 is 4.92 Å². The van der Waals surface area contributed by atoms with Crippen molar-refractivity contribution in [1.82, 2.24) is 9.78 Å². The van der Waals surface area contributed by atoms with Gasteiger partial charge in [0.05, 0.1) is 10.6 Å². The molecule has 0 saturated heterocycles. The standard InChI is InChI=1S/C18H23N3O4/c1-4-5-6-7-17-13(2)19-20(14(17)3)18(22)12-25-16-10-8-15(9-11-16)21(23)24/h8-11H,4-7,12H2,1-3H3. The Balaban J connectivity index is 2.00. The van der Waals surface area contributed by atoms with Crippen LogP contribution in [0, 0.1) is 24.0 Å². The zero-order valence-electron chi connectivity index (χ0n) is 14.8. The lowest BCUT2D eigenvalue weighted by atomic mass is 10.1. The van der Waals surface area contributed by atoms with Gasteiger partial charge in [0.15, 0.2) is 6.61 Å². The molecule has 0 atom stereocenters. The number of hydrogen-bond donors (Lipinski definition) is 0. The van der Waals surface area contributed by atoms with Crippen molar-refractivity contribution in [2.24, 2.45) is 0 Å². The second kappa shape index (κ2) is 8.41. The number of nitro groups is 1. The van der Waals surface area contributed by atoms with Crippen LogP contribution in [0.2, 0.25) is 0 Å². The molecule has 0 aliphatic rings. The maximum absolute atomic E-state index is 12.4. The summed E-state index contributed by atoms with van der Waals surface area (Å²) in [5.41, 5.74) is 2.83. The normalized spacial score (nSPS) is 10.7. The Bertz CT molecular complexity index is 750. The molecule has 0 unspecified atom stereocenters. The Morgan fingerprint density at radius 2 is 1.92 bits per heavy atom. The molecule has 25 heavy (non-hydrogen) atoms. The molecule has 7 nitrogen and oxygen atoms in total. The minimum Gasteiger partial charge on any atom is -0.484 e. The Hall–Kier alpha value is -2.70. The number of unbranched alkanes of at least 4 members (excludes halogenated alkanes) is 2. The van der Waals surface area contributed by atoms with Gasteiger partial charge >= 0.3 is 0 Å². The number of carbonyl (C=O) groups excluding carboxylic acids is 1. The quantitative estimate of drug-likeness (QED) is 0.412. The summed E-state index contributed by atoms with van der Waals surface area (Å²) < 4.78 is 6.82. The highest BCUT2D eigenvalue weighted by Gasteiger charge is 2.17. The van der Waals surface area contributed by atoms with Crippen LogP contribution in [-0.2, 0) is 6.42 Å². The Morgan fingerprint density at radius 1 is 1.24 bits per heavy atom. The molecule has 0 bridgehead atoms. The van der Waals surface area contributed by atoms with E-state index in [9.17, 15) is 14.9 Å². The van der Waals surface area contributed by atoms with Crippen LogP contribution in [0.1, 0.15) is 47.9 Å². The van der Waals surface area contributed by atoms with Crippen LogP contribution in [0.25, 0.3) is 0 Å².